The second-order valence-electron chi connectivity index (χ2n) is 6.57. The highest BCUT2D eigenvalue weighted by molar-refractivity contribution is 6.02. The molecule has 3 aromatic rings. The Balaban J connectivity index is 1.53. The number of aromatic hydroxyl groups is 1. The van der Waals surface area contributed by atoms with E-state index in [1.165, 1.54) is 6.21 Å². The van der Waals surface area contributed by atoms with Gasteiger partial charge in [0.25, 0.3) is 11.8 Å². The Labute approximate surface area is 174 Å². The minimum Gasteiger partial charge on any atom is -0.507 e. The van der Waals surface area contributed by atoms with Crippen LogP contribution in [0.5, 0.6) is 11.5 Å². The third-order valence-corrected chi connectivity index (χ3v) is 4.33. The van der Waals surface area contributed by atoms with Gasteiger partial charge in [-0.25, -0.2) is 5.43 Å². The van der Waals surface area contributed by atoms with Crippen LogP contribution >= 0.6 is 0 Å². The molecule has 0 saturated carbocycles. The molecule has 0 aromatic heterocycles. The lowest BCUT2D eigenvalue weighted by molar-refractivity contribution is -0.120. The zero-order valence-corrected chi connectivity index (χ0v) is 16.6. The topological polar surface area (TPSA) is 100 Å². The number of benzene rings is 3. The summed E-state index contributed by atoms with van der Waals surface area (Å²) < 4.78 is 5.47. The Morgan fingerprint density at radius 1 is 1.07 bits per heavy atom. The number of rotatable bonds is 8. The van der Waals surface area contributed by atoms with Gasteiger partial charge in [-0.3, -0.25) is 9.59 Å². The molecule has 0 aliphatic carbocycles. The maximum absolute atomic E-state index is 12.2. The van der Waals surface area contributed by atoms with E-state index in [4.69, 9.17) is 4.74 Å². The predicted octanol–water partition coefficient (Wildman–Crippen LogP) is 3.21. The molecule has 0 bridgehead atoms. The van der Waals surface area contributed by atoms with Crippen molar-refractivity contribution in [2.24, 2.45) is 5.10 Å². The molecule has 0 unspecified atom stereocenters. The first-order chi connectivity index (χ1) is 14.6. The molecule has 0 fully saturated rings. The lowest BCUT2D eigenvalue weighted by Crippen LogP contribution is -2.34. The van der Waals surface area contributed by atoms with Crippen LogP contribution in [0.25, 0.3) is 10.8 Å². The number of ether oxygens (including phenoxy) is 1. The zero-order valence-electron chi connectivity index (χ0n) is 16.6. The number of fused-ring (bicyclic) bond motifs is 1. The fourth-order valence-corrected chi connectivity index (χ4v) is 2.81. The molecule has 3 aromatic carbocycles. The van der Waals surface area contributed by atoms with Gasteiger partial charge in [0.15, 0.2) is 0 Å². The second-order valence-corrected chi connectivity index (χ2v) is 6.57. The Morgan fingerprint density at radius 3 is 2.60 bits per heavy atom. The van der Waals surface area contributed by atoms with Crippen LogP contribution in [0.2, 0.25) is 0 Å². The molecule has 0 saturated heterocycles. The molecule has 7 nitrogen and oxygen atoms in total. The van der Waals surface area contributed by atoms with E-state index in [-0.39, 0.29) is 18.2 Å². The van der Waals surface area contributed by atoms with Gasteiger partial charge in [0.2, 0.25) is 0 Å². The van der Waals surface area contributed by atoms with Crippen molar-refractivity contribution in [2.75, 3.05) is 13.2 Å². The highest BCUT2D eigenvalue weighted by atomic mass is 16.5. The van der Waals surface area contributed by atoms with E-state index >= 15 is 0 Å². The summed E-state index contributed by atoms with van der Waals surface area (Å²) in [5, 5.41) is 18.3. The number of amides is 2. The molecule has 2 amide bonds. The number of hydrogen-bond donors (Lipinski definition) is 3. The van der Waals surface area contributed by atoms with Crippen LogP contribution in [-0.2, 0) is 4.79 Å². The van der Waals surface area contributed by atoms with E-state index in [1.807, 2.05) is 31.2 Å². The number of phenolic OH excluding ortho intramolecular Hbond substituents is 1. The van der Waals surface area contributed by atoms with Crippen LogP contribution in [0.4, 0.5) is 0 Å². The highest BCUT2D eigenvalue weighted by Crippen LogP contribution is 2.25. The van der Waals surface area contributed by atoms with Crippen molar-refractivity contribution in [3.05, 3.63) is 71.8 Å². The third-order valence-electron chi connectivity index (χ3n) is 4.33. The van der Waals surface area contributed by atoms with E-state index in [0.29, 0.717) is 23.5 Å². The molecule has 0 heterocycles. The minimum atomic E-state index is -0.484. The van der Waals surface area contributed by atoms with Gasteiger partial charge >= 0.3 is 0 Å². The quantitative estimate of drug-likeness (QED) is 0.396. The van der Waals surface area contributed by atoms with Crippen molar-refractivity contribution in [1.82, 2.24) is 10.7 Å². The van der Waals surface area contributed by atoms with E-state index in [0.717, 1.165) is 17.2 Å². The Bertz CT molecular complexity index is 1060. The van der Waals surface area contributed by atoms with Gasteiger partial charge in [-0.05, 0) is 47.5 Å². The minimum absolute atomic E-state index is 0.0614. The number of phenols is 1. The number of carbonyl (C=O) groups is 2. The fourth-order valence-electron chi connectivity index (χ4n) is 2.81. The van der Waals surface area contributed by atoms with Gasteiger partial charge in [0, 0.05) is 11.1 Å². The number of nitrogens with zero attached hydrogens (tertiary/aromatic N) is 1. The van der Waals surface area contributed by atoms with Crippen LogP contribution < -0.4 is 15.5 Å². The molecule has 7 heteroatoms. The molecule has 0 atom stereocenters. The summed E-state index contributed by atoms with van der Waals surface area (Å²) >= 11 is 0. The van der Waals surface area contributed by atoms with Gasteiger partial charge in [0.05, 0.1) is 19.4 Å². The largest absolute Gasteiger partial charge is 0.507 e. The molecule has 0 aliphatic rings. The molecule has 154 valence electrons. The number of nitrogens with one attached hydrogen (secondary N) is 2. The lowest BCUT2D eigenvalue weighted by Gasteiger charge is -2.07. The molecular weight excluding hydrogens is 382 g/mol. The first kappa shape index (κ1) is 20.9. The summed E-state index contributed by atoms with van der Waals surface area (Å²) in [6, 6.07) is 17.6. The van der Waals surface area contributed by atoms with Gasteiger partial charge in [0.1, 0.15) is 11.5 Å². The predicted molar refractivity (Wildman–Crippen MR) is 116 cm³/mol. The average molecular weight is 405 g/mol. The van der Waals surface area contributed by atoms with Crippen molar-refractivity contribution in [3.63, 3.8) is 0 Å². The molecule has 0 radical (unpaired) electrons. The summed E-state index contributed by atoms with van der Waals surface area (Å²) in [7, 11) is 0. The molecule has 30 heavy (non-hydrogen) atoms. The first-order valence-electron chi connectivity index (χ1n) is 9.62. The smallest absolute Gasteiger partial charge is 0.259 e. The van der Waals surface area contributed by atoms with E-state index in [9.17, 15) is 14.7 Å². The van der Waals surface area contributed by atoms with Crippen LogP contribution in [0.15, 0.2) is 65.8 Å². The number of hydrazone groups is 1. The van der Waals surface area contributed by atoms with Crippen LogP contribution in [0.1, 0.15) is 29.3 Å². The SMILES string of the molecule is CCCOc1ccc(C(=O)NCC(=O)N/N=C\c2c(O)ccc3ccccc23)cc1. The van der Waals surface area contributed by atoms with Crippen LogP contribution in [-0.4, -0.2) is 36.3 Å². The molecule has 0 spiro atoms. The number of carbonyl (C=O) groups excluding carboxylic acids is 2. The highest BCUT2D eigenvalue weighted by Gasteiger charge is 2.08. The Morgan fingerprint density at radius 2 is 1.83 bits per heavy atom. The van der Waals surface area contributed by atoms with Crippen molar-refractivity contribution in [1.29, 1.82) is 0 Å². The van der Waals surface area contributed by atoms with Crippen LogP contribution in [0.3, 0.4) is 0 Å². The third kappa shape index (κ3) is 5.35. The van der Waals surface area contributed by atoms with Crippen LogP contribution in [0, 0.1) is 0 Å². The maximum Gasteiger partial charge on any atom is 0.259 e. The summed E-state index contributed by atoms with van der Waals surface area (Å²) in [4.78, 5) is 24.1. The van der Waals surface area contributed by atoms with Gasteiger partial charge in [-0.2, -0.15) is 5.10 Å². The van der Waals surface area contributed by atoms with Gasteiger partial charge in [-0.15, -0.1) is 0 Å². The molecular formula is C23H23N3O4. The van der Waals surface area contributed by atoms with E-state index in [1.54, 1.807) is 36.4 Å². The Kier molecular flexibility index (Phi) is 7.00. The zero-order chi connectivity index (χ0) is 21.3. The second kappa shape index (κ2) is 10.1. The monoisotopic (exact) mass is 405 g/mol. The standard InChI is InChI=1S/C23H23N3O4/c1-2-13-30-18-10-7-17(8-11-18)23(29)24-15-22(28)26-25-14-20-19-6-4-3-5-16(19)9-12-21(20)27/h3-12,14,27H,2,13,15H2,1H3,(H,24,29)(H,26,28)/b25-14-. The van der Waals surface area contributed by atoms with E-state index in [2.05, 4.69) is 15.8 Å². The summed E-state index contributed by atoms with van der Waals surface area (Å²) in [5.74, 6) is -0.103. The average Bonchev–Trinajstić information content (AvgIpc) is 2.78. The van der Waals surface area contributed by atoms with Crippen molar-refractivity contribution < 1.29 is 19.4 Å². The molecule has 3 rings (SSSR count). The summed E-state index contributed by atoms with van der Waals surface area (Å²) in [6.45, 7) is 2.40. The van der Waals surface area contributed by atoms with Crippen molar-refractivity contribution >= 4 is 28.8 Å². The molecule has 3 N–H and O–H groups in total. The van der Waals surface area contributed by atoms with Gasteiger partial charge in [-0.1, -0.05) is 37.3 Å². The Hall–Kier alpha value is -3.87. The molecule has 0 aliphatic heterocycles. The van der Waals surface area contributed by atoms with Crippen molar-refractivity contribution in [3.8, 4) is 11.5 Å². The normalized spacial score (nSPS) is 10.8. The first-order valence-corrected chi connectivity index (χ1v) is 9.62. The number of hydrogen-bond acceptors (Lipinski definition) is 5. The lowest BCUT2D eigenvalue weighted by atomic mass is 10.0. The summed E-state index contributed by atoms with van der Waals surface area (Å²) in [6.07, 6.45) is 2.28. The van der Waals surface area contributed by atoms with E-state index < -0.39 is 5.91 Å². The summed E-state index contributed by atoms with van der Waals surface area (Å²) in [5.41, 5.74) is 3.28. The van der Waals surface area contributed by atoms with Gasteiger partial charge < -0.3 is 15.2 Å². The van der Waals surface area contributed by atoms with Crippen molar-refractivity contribution in [2.45, 2.75) is 13.3 Å². The maximum atomic E-state index is 12.2. The fraction of sp³-hybridized carbons (Fsp3) is 0.174.